The number of rotatable bonds is 5. The summed E-state index contributed by atoms with van der Waals surface area (Å²) in [5, 5.41) is 2.97. The number of halogens is 1. The summed E-state index contributed by atoms with van der Waals surface area (Å²) in [7, 11) is 0. The van der Waals surface area contributed by atoms with Gasteiger partial charge in [0.1, 0.15) is 10.8 Å². The number of ketones is 1. The third-order valence-corrected chi connectivity index (χ3v) is 5.83. The first kappa shape index (κ1) is 16.7. The molecule has 112 valence electrons. The monoisotopic (exact) mass is 383 g/mol. The lowest BCUT2D eigenvalue weighted by Gasteiger charge is -2.14. The Morgan fingerprint density at radius 3 is 2.67 bits per heavy atom. The number of thiazole rings is 1. The Labute approximate surface area is 142 Å². The Morgan fingerprint density at radius 1 is 1.33 bits per heavy atom. The topological polar surface area (TPSA) is 30.0 Å². The molecule has 21 heavy (non-hydrogen) atoms. The average molecular weight is 384 g/mol. The highest BCUT2D eigenvalue weighted by Crippen LogP contribution is 2.28. The third kappa shape index (κ3) is 4.94. The molecule has 2 nitrogen and oxygen atoms in total. The lowest BCUT2D eigenvalue weighted by atomic mass is 9.93. The molecule has 0 aliphatic heterocycles. The summed E-state index contributed by atoms with van der Waals surface area (Å²) in [6.07, 6.45) is 0.429. The third-order valence-electron chi connectivity index (χ3n) is 2.89. The Morgan fingerprint density at radius 2 is 2.05 bits per heavy atom. The van der Waals surface area contributed by atoms with Gasteiger partial charge in [0.2, 0.25) is 0 Å². The molecule has 0 spiro atoms. The van der Waals surface area contributed by atoms with Gasteiger partial charge < -0.3 is 0 Å². The minimum absolute atomic E-state index is 0.0431. The molecule has 2 aromatic rings. The Balaban J connectivity index is 1.90. The molecule has 1 aromatic heterocycles. The van der Waals surface area contributed by atoms with Crippen LogP contribution in [0.25, 0.3) is 0 Å². The molecule has 2 rings (SSSR count). The SMILES string of the molecule is CC(C)(C)c1csc(CC(=O)CSc2ccccc2Br)n1. The highest BCUT2D eigenvalue weighted by molar-refractivity contribution is 9.10. The molecular formula is C16H18BrNOS2. The van der Waals surface area contributed by atoms with E-state index in [1.54, 1.807) is 23.1 Å². The number of Topliss-reactive ketones (excluding diaryl/α,β-unsaturated/α-hetero) is 1. The Bertz CT molecular complexity index is 631. The van der Waals surface area contributed by atoms with Gasteiger partial charge in [0, 0.05) is 20.2 Å². The molecular weight excluding hydrogens is 366 g/mol. The summed E-state index contributed by atoms with van der Waals surface area (Å²) in [4.78, 5) is 17.8. The van der Waals surface area contributed by atoms with E-state index in [4.69, 9.17) is 0 Å². The predicted octanol–water partition coefficient (Wildman–Crippen LogP) is 5.11. The van der Waals surface area contributed by atoms with E-state index in [1.807, 2.05) is 24.3 Å². The highest BCUT2D eigenvalue weighted by atomic mass is 79.9. The summed E-state index contributed by atoms with van der Waals surface area (Å²) >= 11 is 6.64. The molecule has 0 amide bonds. The molecule has 0 radical (unpaired) electrons. The zero-order valence-electron chi connectivity index (χ0n) is 12.4. The number of thioether (sulfide) groups is 1. The number of nitrogens with zero attached hydrogens (tertiary/aromatic N) is 1. The normalized spacial score (nSPS) is 11.6. The van der Waals surface area contributed by atoms with Crippen molar-refractivity contribution >= 4 is 44.8 Å². The van der Waals surface area contributed by atoms with Gasteiger partial charge in [-0.05, 0) is 28.1 Å². The van der Waals surface area contributed by atoms with Crippen LogP contribution in [0.4, 0.5) is 0 Å². The molecule has 0 saturated heterocycles. The molecule has 0 atom stereocenters. The van der Waals surface area contributed by atoms with E-state index < -0.39 is 0 Å². The van der Waals surface area contributed by atoms with Gasteiger partial charge in [0.25, 0.3) is 0 Å². The average Bonchev–Trinajstić information content (AvgIpc) is 2.86. The van der Waals surface area contributed by atoms with Crippen LogP contribution in [0.3, 0.4) is 0 Å². The van der Waals surface area contributed by atoms with Crippen LogP contribution in [-0.2, 0) is 16.6 Å². The maximum absolute atomic E-state index is 12.1. The summed E-state index contributed by atoms with van der Waals surface area (Å²) in [5.41, 5.74) is 1.11. The molecule has 0 unspecified atom stereocenters. The molecule has 0 aliphatic carbocycles. The number of hydrogen-bond donors (Lipinski definition) is 0. The predicted molar refractivity (Wildman–Crippen MR) is 94.4 cm³/mol. The largest absolute Gasteiger partial charge is 0.298 e. The van der Waals surface area contributed by atoms with Gasteiger partial charge in [0.15, 0.2) is 0 Å². The van der Waals surface area contributed by atoms with Crippen LogP contribution in [0, 0.1) is 0 Å². The van der Waals surface area contributed by atoms with Gasteiger partial charge in [-0.15, -0.1) is 23.1 Å². The first-order chi connectivity index (χ1) is 9.86. The van der Waals surface area contributed by atoms with Gasteiger partial charge >= 0.3 is 0 Å². The van der Waals surface area contributed by atoms with Crippen molar-refractivity contribution in [1.82, 2.24) is 4.98 Å². The fraction of sp³-hybridized carbons (Fsp3) is 0.375. The van der Waals surface area contributed by atoms with E-state index in [-0.39, 0.29) is 11.2 Å². The minimum Gasteiger partial charge on any atom is -0.298 e. The number of carbonyl (C=O) groups is 1. The molecule has 0 fully saturated rings. The van der Waals surface area contributed by atoms with Crippen LogP contribution in [0.2, 0.25) is 0 Å². The van der Waals surface area contributed by atoms with Crippen LogP contribution in [-0.4, -0.2) is 16.5 Å². The molecule has 1 heterocycles. The Kier molecular flexibility index (Phi) is 5.63. The fourth-order valence-electron chi connectivity index (χ4n) is 1.68. The van der Waals surface area contributed by atoms with Crippen LogP contribution < -0.4 is 0 Å². The van der Waals surface area contributed by atoms with Crippen molar-refractivity contribution in [2.75, 3.05) is 5.75 Å². The van der Waals surface area contributed by atoms with Crippen LogP contribution in [0.15, 0.2) is 39.0 Å². The Hall–Kier alpha value is -0.650. The van der Waals surface area contributed by atoms with Crippen LogP contribution in [0.5, 0.6) is 0 Å². The fourth-order valence-corrected chi connectivity index (χ4v) is 4.15. The smallest absolute Gasteiger partial charge is 0.149 e. The van der Waals surface area contributed by atoms with Crippen molar-refractivity contribution in [2.24, 2.45) is 0 Å². The summed E-state index contributed by atoms with van der Waals surface area (Å²) in [6, 6.07) is 7.96. The standard InChI is InChI=1S/C16H18BrNOS2/c1-16(2,3)14-10-21-15(18-14)8-11(19)9-20-13-7-5-4-6-12(13)17/h4-7,10H,8-9H2,1-3H3. The molecule has 5 heteroatoms. The van der Waals surface area contributed by atoms with Crippen molar-refractivity contribution in [3.05, 3.63) is 44.8 Å². The lowest BCUT2D eigenvalue weighted by Crippen LogP contribution is -2.12. The van der Waals surface area contributed by atoms with Crippen molar-refractivity contribution in [3.63, 3.8) is 0 Å². The van der Waals surface area contributed by atoms with E-state index in [0.717, 1.165) is 20.1 Å². The number of carbonyl (C=O) groups excluding carboxylic acids is 1. The summed E-state index contributed by atoms with van der Waals surface area (Å²) < 4.78 is 1.03. The van der Waals surface area contributed by atoms with Gasteiger partial charge in [0.05, 0.1) is 17.9 Å². The molecule has 0 bridgehead atoms. The van der Waals surface area contributed by atoms with Gasteiger partial charge in [-0.3, -0.25) is 4.79 Å². The zero-order chi connectivity index (χ0) is 15.5. The second kappa shape index (κ2) is 7.07. The number of benzene rings is 1. The van der Waals surface area contributed by atoms with Crippen molar-refractivity contribution in [3.8, 4) is 0 Å². The van der Waals surface area contributed by atoms with E-state index in [9.17, 15) is 4.79 Å². The van der Waals surface area contributed by atoms with Crippen molar-refractivity contribution in [2.45, 2.75) is 37.5 Å². The lowest BCUT2D eigenvalue weighted by molar-refractivity contribution is -0.116. The van der Waals surface area contributed by atoms with Gasteiger partial charge in [-0.1, -0.05) is 32.9 Å². The van der Waals surface area contributed by atoms with Gasteiger partial charge in [-0.2, -0.15) is 0 Å². The summed E-state index contributed by atoms with van der Waals surface area (Å²) in [5.74, 6) is 0.693. The first-order valence-corrected chi connectivity index (χ1v) is 9.36. The first-order valence-electron chi connectivity index (χ1n) is 6.70. The quantitative estimate of drug-likeness (QED) is 0.672. The van der Waals surface area contributed by atoms with Crippen LogP contribution >= 0.6 is 39.0 Å². The number of hydrogen-bond acceptors (Lipinski definition) is 4. The van der Waals surface area contributed by atoms with E-state index in [1.165, 1.54) is 0 Å². The van der Waals surface area contributed by atoms with E-state index >= 15 is 0 Å². The zero-order valence-corrected chi connectivity index (χ0v) is 15.6. The summed E-state index contributed by atoms with van der Waals surface area (Å²) in [6.45, 7) is 6.41. The maximum Gasteiger partial charge on any atom is 0.149 e. The maximum atomic E-state index is 12.1. The molecule has 0 saturated carbocycles. The van der Waals surface area contributed by atoms with E-state index in [2.05, 4.69) is 47.1 Å². The molecule has 1 aromatic carbocycles. The van der Waals surface area contributed by atoms with Crippen molar-refractivity contribution < 1.29 is 4.79 Å². The van der Waals surface area contributed by atoms with Gasteiger partial charge in [-0.25, -0.2) is 4.98 Å². The van der Waals surface area contributed by atoms with Crippen LogP contribution in [0.1, 0.15) is 31.5 Å². The van der Waals surface area contributed by atoms with E-state index in [0.29, 0.717) is 12.2 Å². The second-order valence-electron chi connectivity index (χ2n) is 5.81. The van der Waals surface area contributed by atoms with Crippen molar-refractivity contribution in [1.29, 1.82) is 0 Å². The second-order valence-corrected chi connectivity index (χ2v) is 8.63. The number of aromatic nitrogens is 1. The molecule has 0 aliphatic rings. The highest BCUT2D eigenvalue weighted by Gasteiger charge is 2.18. The molecule has 0 N–H and O–H groups in total. The minimum atomic E-state index is 0.0431.